The fraction of sp³-hybridized carbons (Fsp3) is 0.258. The molecule has 0 spiro atoms. The lowest BCUT2D eigenvalue weighted by atomic mass is 9.93. The molecule has 0 bridgehead atoms. The van der Waals surface area contributed by atoms with Crippen molar-refractivity contribution in [3.8, 4) is 22.8 Å². The quantitative estimate of drug-likeness (QED) is 0.226. The number of halogens is 3. The predicted octanol–water partition coefficient (Wildman–Crippen LogP) is 7.03. The Bertz CT molecular complexity index is 1700. The molecule has 1 N–H and O–H groups in total. The lowest BCUT2D eigenvalue weighted by Gasteiger charge is -2.25. The monoisotopic (exact) mass is 559 g/mol. The number of methoxy groups -OCH3 is 1. The van der Waals surface area contributed by atoms with E-state index in [4.69, 9.17) is 14.7 Å². The molecule has 10 heteroatoms. The predicted molar refractivity (Wildman–Crippen MR) is 151 cm³/mol. The van der Waals surface area contributed by atoms with E-state index in [0.717, 1.165) is 47.9 Å². The second-order valence-corrected chi connectivity index (χ2v) is 10.0. The van der Waals surface area contributed by atoms with Crippen LogP contribution in [0, 0.1) is 0 Å². The van der Waals surface area contributed by atoms with Gasteiger partial charge in [0.05, 0.1) is 57.5 Å². The molecule has 1 aliphatic heterocycles. The number of pyridine rings is 1. The Morgan fingerprint density at radius 1 is 0.951 bits per heavy atom. The van der Waals surface area contributed by atoms with Crippen LogP contribution in [0.2, 0.25) is 0 Å². The van der Waals surface area contributed by atoms with Gasteiger partial charge in [0.25, 0.3) is 0 Å². The number of para-hydroxylation sites is 2. The summed E-state index contributed by atoms with van der Waals surface area (Å²) >= 11 is 0. The average Bonchev–Trinajstić information content (AvgIpc) is 2.96. The van der Waals surface area contributed by atoms with Crippen LogP contribution in [-0.4, -0.2) is 40.2 Å². The number of alkyl halides is 3. The Morgan fingerprint density at radius 2 is 1.78 bits per heavy atom. The Balaban J connectivity index is 1.56. The van der Waals surface area contributed by atoms with Crippen LogP contribution in [-0.2, 0) is 4.74 Å². The summed E-state index contributed by atoms with van der Waals surface area (Å²) in [6.45, 7) is 0. The third kappa shape index (κ3) is 6.02. The number of rotatable bonds is 6. The maximum atomic E-state index is 13.1. The molecule has 0 saturated heterocycles. The molecule has 1 saturated carbocycles. The van der Waals surface area contributed by atoms with Crippen LogP contribution in [0.25, 0.3) is 28.1 Å². The molecule has 1 fully saturated rings. The zero-order chi connectivity index (χ0) is 28.4. The number of aromatic nitrogens is 3. The SMILES string of the molecule is COC1CCC(N=c2cc3n(-c4cccc(OC(F)(F)F)c4)c4ccccc4nc-3cc2Nc2cccnc2)CC1. The van der Waals surface area contributed by atoms with Crippen LogP contribution in [0.5, 0.6) is 5.75 Å². The van der Waals surface area contributed by atoms with Crippen LogP contribution in [0.4, 0.5) is 24.5 Å². The first-order valence-electron chi connectivity index (χ1n) is 13.4. The second kappa shape index (κ2) is 11.2. The van der Waals surface area contributed by atoms with Crippen molar-refractivity contribution in [3.63, 3.8) is 0 Å². The highest BCUT2D eigenvalue weighted by molar-refractivity contribution is 5.84. The highest BCUT2D eigenvalue weighted by atomic mass is 19.4. The van der Waals surface area contributed by atoms with E-state index in [1.807, 2.05) is 53.1 Å². The first-order chi connectivity index (χ1) is 19.9. The van der Waals surface area contributed by atoms with Gasteiger partial charge < -0.3 is 19.4 Å². The van der Waals surface area contributed by atoms with E-state index in [1.165, 1.54) is 12.1 Å². The number of hydrogen-bond donors (Lipinski definition) is 1. The van der Waals surface area contributed by atoms with Crippen LogP contribution >= 0.6 is 0 Å². The summed E-state index contributed by atoms with van der Waals surface area (Å²) in [4.78, 5) is 14.3. The standard InChI is InChI=1S/C31H28F3N5O2/c1-40-23-13-11-20(12-14-23)36-27-18-30-28(17-26(27)37-21-6-5-15-35-19-21)38-25-9-2-3-10-29(25)39(30)22-7-4-8-24(16-22)41-31(32,33)34/h2-10,15-20,23,37H,11-14H2,1H3. The lowest BCUT2D eigenvalue weighted by molar-refractivity contribution is -0.274. The number of benzene rings is 3. The topological polar surface area (TPSA) is 73.6 Å². The number of hydrogen-bond acceptors (Lipinski definition) is 6. The van der Waals surface area contributed by atoms with E-state index < -0.39 is 6.36 Å². The fourth-order valence-electron chi connectivity index (χ4n) is 5.35. The van der Waals surface area contributed by atoms with E-state index in [9.17, 15) is 13.2 Å². The van der Waals surface area contributed by atoms with Gasteiger partial charge in [-0.25, -0.2) is 4.98 Å². The van der Waals surface area contributed by atoms with E-state index in [1.54, 1.807) is 31.6 Å². The summed E-state index contributed by atoms with van der Waals surface area (Å²) in [6, 6.07) is 21.2. The van der Waals surface area contributed by atoms with Gasteiger partial charge in [-0.1, -0.05) is 18.2 Å². The van der Waals surface area contributed by atoms with Crippen molar-refractivity contribution in [3.05, 3.63) is 90.5 Å². The third-order valence-electron chi connectivity index (χ3n) is 7.25. The van der Waals surface area contributed by atoms with Gasteiger partial charge in [-0.15, -0.1) is 13.2 Å². The number of fused-ring (bicyclic) bond motifs is 2. The molecule has 2 aliphatic carbocycles. The van der Waals surface area contributed by atoms with Crippen molar-refractivity contribution < 1.29 is 22.6 Å². The normalized spacial score (nSPS) is 18.1. The van der Waals surface area contributed by atoms with Gasteiger partial charge in [0.2, 0.25) is 0 Å². The molecule has 0 unspecified atom stereocenters. The molecule has 210 valence electrons. The molecule has 0 amide bonds. The molecule has 0 atom stereocenters. The van der Waals surface area contributed by atoms with E-state index in [2.05, 4.69) is 15.0 Å². The van der Waals surface area contributed by atoms with Gasteiger partial charge in [0, 0.05) is 25.1 Å². The first kappa shape index (κ1) is 26.8. The fourth-order valence-corrected chi connectivity index (χ4v) is 5.35. The van der Waals surface area contributed by atoms with Crippen molar-refractivity contribution in [1.29, 1.82) is 0 Å². The number of nitrogens with zero attached hydrogens (tertiary/aromatic N) is 4. The maximum Gasteiger partial charge on any atom is 0.573 e. The van der Waals surface area contributed by atoms with Crippen LogP contribution in [0.3, 0.4) is 0 Å². The third-order valence-corrected chi connectivity index (χ3v) is 7.25. The first-order valence-corrected chi connectivity index (χ1v) is 13.4. The molecular formula is C31H28F3N5O2. The zero-order valence-corrected chi connectivity index (χ0v) is 22.3. The zero-order valence-electron chi connectivity index (χ0n) is 22.3. The molecule has 3 aromatic rings. The summed E-state index contributed by atoms with van der Waals surface area (Å²) in [7, 11) is 1.74. The molecule has 6 rings (SSSR count). The number of nitrogens with one attached hydrogen (secondary N) is 1. The Kier molecular flexibility index (Phi) is 7.32. The van der Waals surface area contributed by atoms with Crippen molar-refractivity contribution in [2.75, 3.05) is 12.4 Å². The van der Waals surface area contributed by atoms with E-state index >= 15 is 0 Å². The summed E-state index contributed by atoms with van der Waals surface area (Å²) in [5.41, 5.74) is 4.86. The summed E-state index contributed by atoms with van der Waals surface area (Å²) in [5, 5.41) is 4.17. The molecular weight excluding hydrogens is 531 g/mol. The van der Waals surface area contributed by atoms with Gasteiger partial charge in [-0.2, -0.15) is 0 Å². The van der Waals surface area contributed by atoms with Crippen molar-refractivity contribution in [1.82, 2.24) is 14.5 Å². The molecule has 2 aromatic carbocycles. The smallest absolute Gasteiger partial charge is 0.406 e. The van der Waals surface area contributed by atoms with Gasteiger partial charge in [-0.3, -0.25) is 9.98 Å². The average molecular weight is 560 g/mol. The summed E-state index contributed by atoms with van der Waals surface area (Å²) in [6.07, 6.45) is 2.55. The van der Waals surface area contributed by atoms with E-state index in [-0.39, 0.29) is 17.9 Å². The van der Waals surface area contributed by atoms with Crippen molar-refractivity contribution in [2.45, 2.75) is 44.2 Å². The van der Waals surface area contributed by atoms with Gasteiger partial charge >= 0.3 is 6.36 Å². The molecule has 1 aromatic heterocycles. The largest absolute Gasteiger partial charge is 0.573 e. The lowest BCUT2D eigenvalue weighted by Crippen LogP contribution is -2.25. The summed E-state index contributed by atoms with van der Waals surface area (Å²) in [5.74, 6) is -0.300. The van der Waals surface area contributed by atoms with Gasteiger partial charge in [0.15, 0.2) is 0 Å². The van der Waals surface area contributed by atoms with Crippen LogP contribution in [0.15, 0.2) is 90.2 Å². The number of anilines is 2. The molecule has 3 aliphatic rings. The summed E-state index contributed by atoms with van der Waals surface area (Å²) < 4.78 is 50.9. The Morgan fingerprint density at radius 3 is 2.54 bits per heavy atom. The highest BCUT2D eigenvalue weighted by Gasteiger charge is 2.31. The van der Waals surface area contributed by atoms with Crippen LogP contribution < -0.4 is 15.4 Å². The minimum atomic E-state index is -4.80. The molecule has 2 heterocycles. The minimum absolute atomic E-state index is 0.110. The van der Waals surface area contributed by atoms with Gasteiger partial charge in [0.1, 0.15) is 5.75 Å². The number of ether oxygens (including phenoxy) is 2. The maximum absolute atomic E-state index is 13.1. The van der Waals surface area contributed by atoms with E-state index in [0.29, 0.717) is 22.6 Å². The highest BCUT2D eigenvalue weighted by Crippen LogP contribution is 2.33. The van der Waals surface area contributed by atoms with Gasteiger partial charge in [-0.05, 0) is 74.2 Å². The Hall–Kier alpha value is -4.44. The molecule has 41 heavy (non-hydrogen) atoms. The van der Waals surface area contributed by atoms with Crippen LogP contribution in [0.1, 0.15) is 25.7 Å². The Labute approximate surface area is 234 Å². The van der Waals surface area contributed by atoms with Crippen molar-refractivity contribution >= 4 is 22.4 Å². The minimum Gasteiger partial charge on any atom is -0.406 e. The van der Waals surface area contributed by atoms with Crippen molar-refractivity contribution in [2.24, 2.45) is 4.99 Å². The second-order valence-electron chi connectivity index (χ2n) is 10.0. The molecule has 0 radical (unpaired) electrons. The molecule has 7 nitrogen and oxygen atoms in total.